The number of aliphatic carboxylic acids is 1. The maximum absolute atomic E-state index is 13.3. The number of carboxylic acids is 1. The molecule has 256 valence electrons. The van der Waals surface area contributed by atoms with Crippen LogP contribution in [-0.2, 0) is 41.6 Å². The highest BCUT2D eigenvalue weighted by Gasteiger charge is 2.30. The van der Waals surface area contributed by atoms with Crippen LogP contribution in [0.5, 0.6) is 0 Å². The summed E-state index contributed by atoms with van der Waals surface area (Å²) in [4.78, 5) is 76.6. The lowest BCUT2D eigenvalue weighted by molar-refractivity contribution is -0.142. The van der Waals surface area contributed by atoms with Crippen LogP contribution in [0.1, 0.15) is 51.7 Å². The van der Waals surface area contributed by atoms with E-state index in [-0.39, 0.29) is 44.1 Å². The first-order chi connectivity index (χ1) is 22.3. The second kappa shape index (κ2) is 19.7. The van der Waals surface area contributed by atoms with Gasteiger partial charge in [-0.25, -0.2) is 4.79 Å². The highest BCUT2D eigenvalue weighted by molar-refractivity contribution is 5.95. The second-order valence-electron chi connectivity index (χ2n) is 12.3. The summed E-state index contributed by atoms with van der Waals surface area (Å²) in [5, 5.41) is 22.6. The van der Waals surface area contributed by atoms with Crippen LogP contribution in [0.2, 0.25) is 0 Å². The lowest BCUT2D eigenvalue weighted by atomic mass is 10.0. The third kappa shape index (κ3) is 14.5. The van der Waals surface area contributed by atoms with E-state index in [1.165, 1.54) is 0 Å². The van der Waals surface area contributed by atoms with Gasteiger partial charge in [-0.05, 0) is 35.8 Å². The fourth-order valence-electron chi connectivity index (χ4n) is 4.85. The second-order valence-corrected chi connectivity index (χ2v) is 12.3. The van der Waals surface area contributed by atoms with Gasteiger partial charge in [0.25, 0.3) is 0 Å². The first-order valence-corrected chi connectivity index (χ1v) is 15.8. The van der Waals surface area contributed by atoms with E-state index in [1.54, 1.807) is 42.5 Å². The maximum Gasteiger partial charge on any atom is 0.326 e. The molecule has 2 aromatic rings. The molecule has 2 aromatic carbocycles. The zero-order valence-corrected chi connectivity index (χ0v) is 27.5. The van der Waals surface area contributed by atoms with Gasteiger partial charge in [-0.15, -0.1) is 0 Å². The molecule has 0 saturated carbocycles. The molecule has 0 bridgehead atoms. The zero-order chi connectivity index (χ0) is 34.9. The van der Waals surface area contributed by atoms with Crippen LogP contribution >= 0.6 is 0 Å². The average Bonchev–Trinajstić information content (AvgIpc) is 3.02. The van der Waals surface area contributed by atoms with Gasteiger partial charge in [0.2, 0.25) is 29.5 Å². The summed E-state index contributed by atoms with van der Waals surface area (Å²) in [6.07, 6.45) is 0.701. The van der Waals surface area contributed by atoms with Gasteiger partial charge in [0.1, 0.15) is 24.2 Å². The van der Waals surface area contributed by atoms with E-state index in [0.717, 1.165) is 11.1 Å². The first-order valence-electron chi connectivity index (χ1n) is 15.8. The molecule has 0 aliphatic carbocycles. The van der Waals surface area contributed by atoms with E-state index in [2.05, 4.69) is 26.6 Å². The zero-order valence-electron chi connectivity index (χ0n) is 27.5. The van der Waals surface area contributed by atoms with E-state index in [4.69, 9.17) is 5.73 Å². The summed E-state index contributed by atoms with van der Waals surface area (Å²) in [6, 6.07) is 13.7. The molecule has 0 saturated heterocycles. The SMILES string of the molecule is CC(C)C[C@H](NC(=O)[C@H](Cc1ccccc1)NC(=O)CNC(=O)[C@H](CC(C)C)NC(=O)[C@H](Cc1ccccc1)NC(=O)CN)C(=O)O. The van der Waals surface area contributed by atoms with Gasteiger partial charge in [-0.3, -0.25) is 24.0 Å². The van der Waals surface area contributed by atoms with Crippen molar-refractivity contribution in [2.24, 2.45) is 17.6 Å². The predicted octanol–water partition coefficient (Wildman–Crippen LogP) is 0.663. The number of nitrogens with two attached hydrogens (primary N) is 1. The minimum absolute atomic E-state index is 0.00129. The van der Waals surface area contributed by atoms with Gasteiger partial charge in [0.05, 0.1) is 13.1 Å². The predicted molar refractivity (Wildman–Crippen MR) is 177 cm³/mol. The summed E-state index contributed by atoms with van der Waals surface area (Å²) in [5.74, 6) is -4.30. The van der Waals surface area contributed by atoms with Gasteiger partial charge in [-0.1, -0.05) is 88.4 Å². The standard InChI is InChI=1S/C34H48N6O7/c1-21(2)15-25(39-32(44)26(37-29(41)19-35)17-23-11-7-5-8-12-23)31(43)36-20-30(42)38-27(18-24-13-9-6-10-14-24)33(45)40-28(34(46)47)16-22(3)4/h5-14,21-22,25-28H,15-20,35H2,1-4H3,(H,36,43)(H,37,41)(H,38,42)(H,39,44)(H,40,45)(H,46,47)/t25-,26-,27-,28-/m0/s1. The highest BCUT2D eigenvalue weighted by Crippen LogP contribution is 2.10. The van der Waals surface area contributed by atoms with Gasteiger partial charge >= 0.3 is 5.97 Å². The molecule has 4 atom stereocenters. The fourth-order valence-corrected chi connectivity index (χ4v) is 4.85. The van der Waals surface area contributed by atoms with Crippen LogP contribution < -0.4 is 32.3 Å². The number of carbonyl (C=O) groups is 6. The van der Waals surface area contributed by atoms with E-state index < -0.39 is 66.2 Å². The molecule has 0 spiro atoms. The number of carbonyl (C=O) groups excluding carboxylic acids is 5. The third-order valence-corrected chi connectivity index (χ3v) is 7.14. The summed E-state index contributed by atoms with van der Waals surface area (Å²) in [7, 11) is 0. The maximum atomic E-state index is 13.3. The number of carboxylic acid groups (broad SMARTS) is 1. The van der Waals surface area contributed by atoms with Crippen molar-refractivity contribution in [3.8, 4) is 0 Å². The number of amides is 5. The number of rotatable bonds is 19. The lowest BCUT2D eigenvalue weighted by Crippen LogP contribution is -2.57. The molecule has 0 aliphatic heterocycles. The van der Waals surface area contributed by atoms with Crippen LogP contribution in [0.15, 0.2) is 60.7 Å². The fraction of sp³-hybridized carbons (Fsp3) is 0.471. The molecule has 0 unspecified atom stereocenters. The van der Waals surface area contributed by atoms with Crippen molar-refractivity contribution in [1.29, 1.82) is 0 Å². The third-order valence-electron chi connectivity index (χ3n) is 7.14. The summed E-state index contributed by atoms with van der Waals surface area (Å²) in [6.45, 7) is 6.58. The molecule has 47 heavy (non-hydrogen) atoms. The average molecular weight is 653 g/mol. The van der Waals surface area contributed by atoms with Crippen molar-refractivity contribution in [3.63, 3.8) is 0 Å². The number of nitrogens with one attached hydrogen (secondary N) is 5. The van der Waals surface area contributed by atoms with Crippen molar-refractivity contribution >= 4 is 35.5 Å². The summed E-state index contributed by atoms with van der Waals surface area (Å²) >= 11 is 0. The van der Waals surface area contributed by atoms with Crippen molar-refractivity contribution in [2.75, 3.05) is 13.1 Å². The molecule has 0 fully saturated rings. The molecule has 8 N–H and O–H groups in total. The van der Waals surface area contributed by atoms with E-state index in [9.17, 15) is 33.9 Å². The van der Waals surface area contributed by atoms with E-state index in [0.29, 0.717) is 0 Å². The molecule has 2 rings (SSSR count). The number of benzene rings is 2. The van der Waals surface area contributed by atoms with Crippen LogP contribution in [0, 0.1) is 11.8 Å². The number of hydrogen-bond acceptors (Lipinski definition) is 7. The molecule has 0 aromatic heterocycles. The molecule has 0 radical (unpaired) electrons. The Morgan fingerprint density at radius 1 is 0.596 bits per heavy atom. The lowest BCUT2D eigenvalue weighted by Gasteiger charge is -2.25. The Kier molecular flexibility index (Phi) is 16.1. The van der Waals surface area contributed by atoms with Crippen molar-refractivity contribution < 1.29 is 33.9 Å². The Hall–Kier alpha value is -4.78. The van der Waals surface area contributed by atoms with Gasteiger partial charge in [-0.2, -0.15) is 0 Å². The largest absolute Gasteiger partial charge is 0.480 e. The quantitative estimate of drug-likeness (QED) is 0.114. The Labute approximate surface area is 275 Å². The molecule has 13 nitrogen and oxygen atoms in total. The Bertz CT molecular complexity index is 1340. The molecular formula is C34H48N6O7. The minimum atomic E-state index is -1.18. The van der Waals surface area contributed by atoms with E-state index in [1.807, 2.05) is 45.9 Å². The van der Waals surface area contributed by atoms with Crippen molar-refractivity contribution in [3.05, 3.63) is 71.8 Å². The van der Waals surface area contributed by atoms with Gasteiger partial charge in [0.15, 0.2) is 0 Å². The highest BCUT2D eigenvalue weighted by atomic mass is 16.4. The molecular weight excluding hydrogens is 604 g/mol. The smallest absolute Gasteiger partial charge is 0.326 e. The Balaban J connectivity index is 2.13. The molecule has 0 aliphatic rings. The minimum Gasteiger partial charge on any atom is -0.480 e. The van der Waals surface area contributed by atoms with Crippen LogP contribution in [-0.4, -0.2) is 77.9 Å². The summed E-state index contributed by atoms with van der Waals surface area (Å²) in [5.41, 5.74) is 6.98. The Morgan fingerprint density at radius 3 is 1.45 bits per heavy atom. The van der Waals surface area contributed by atoms with E-state index >= 15 is 0 Å². The monoisotopic (exact) mass is 652 g/mol. The van der Waals surface area contributed by atoms with Gasteiger partial charge < -0.3 is 37.4 Å². The normalized spacial score (nSPS) is 13.5. The topological polar surface area (TPSA) is 209 Å². The first kappa shape index (κ1) is 38.4. The summed E-state index contributed by atoms with van der Waals surface area (Å²) < 4.78 is 0. The van der Waals surface area contributed by atoms with Crippen LogP contribution in [0.3, 0.4) is 0 Å². The van der Waals surface area contributed by atoms with Crippen LogP contribution in [0.4, 0.5) is 0 Å². The van der Waals surface area contributed by atoms with Gasteiger partial charge in [0, 0.05) is 12.8 Å². The molecule has 13 heteroatoms. The molecule has 5 amide bonds. The van der Waals surface area contributed by atoms with Crippen molar-refractivity contribution in [2.45, 2.75) is 77.5 Å². The van der Waals surface area contributed by atoms with Crippen molar-refractivity contribution in [1.82, 2.24) is 26.6 Å². The molecule has 0 heterocycles. The number of hydrogen-bond donors (Lipinski definition) is 7. The Morgan fingerprint density at radius 2 is 1.02 bits per heavy atom. The van der Waals surface area contributed by atoms with Crippen LogP contribution in [0.25, 0.3) is 0 Å².